The first kappa shape index (κ1) is 22.0. The van der Waals surface area contributed by atoms with E-state index in [-0.39, 0.29) is 18.8 Å². The number of nitrogens with one attached hydrogen (secondary N) is 1. The number of carbonyl (C=O) groups is 1. The molecule has 1 aliphatic rings. The van der Waals surface area contributed by atoms with Gasteiger partial charge in [0, 0.05) is 19.5 Å². The maximum Gasteiger partial charge on any atom is 0.416 e. The Kier molecular flexibility index (Phi) is 6.93. The molecule has 0 saturated carbocycles. The summed E-state index contributed by atoms with van der Waals surface area (Å²) in [5.74, 6) is 0.499. The number of alkyl halides is 3. The molecule has 1 N–H and O–H groups in total. The Morgan fingerprint density at radius 1 is 1.30 bits per heavy atom. The molecule has 0 bridgehead atoms. The molecule has 1 aliphatic heterocycles. The molecule has 1 amide bonds. The standard InChI is InChI=1S/C19H24F3N5O3/c1-3-16-24-18(30-25-16)12-26(2)11-17(28)23-14-10-13(19(20,21)22)4-5-15(14)27-6-8-29-9-7-27/h4-5,10H,3,6-9,11-12H2,1-2H3,(H,23,28). The molecule has 0 spiro atoms. The summed E-state index contributed by atoms with van der Waals surface area (Å²) in [5, 5.41) is 6.42. The molecule has 1 aromatic heterocycles. The number of amides is 1. The van der Waals surface area contributed by atoms with Crippen molar-refractivity contribution in [2.45, 2.75) is 26.1 Å². The fourth-order valence-electron chi connectivity index (χ4n) is 3.11. The van der Waals surface area contributed by atoms with Crippen molar-refractivity contribution < 1.29 is 27.2 Å². The molecule has 1 aromatic carbocycles. The molecule has 0 radical (unpaired) electrons. The number of ether oxygens (including phenoxy) is 1. The van der Waals surface area contributed by atoms with E-state index in [1.54, 1.807) is 11.9 Å². The van der Waals surface area contributed by atoms with Crippen LogP contribution in [0.1, 0.15) is 24.2 Å². The zero-order valence-corrected chi connectivity index (χ0v) is 16.8. The highest BCUT2D eigenvalue weighted by atomic mass is 19.4. The van der Waals surface area contributed by atoms with Gasteiger partial charge >= 0.3 is 6.18 Å². The summed E-state index contributed by atoms with van der Waals surface area (Å²) in [6, 6.07) is 3.37. The average molecular weight is 427 g/mol. The van der Waals surface area contributed by atoms with Gasteiger partial charge in [-0.1, -0.05) is 12.1 Å². The lowest BCUT2D eigenvalue weighted by Crippen LogP contribution is -2.37. The minimum atomic E-state index is -4.51. The summed E-state index contributed by atoms with van der Waals surface area (Å²) < 4.78 is 50.0. The van der Waals surface area contributed by atoms with Gasteiger partial charge in [-0.25, -0.2) is 0 Å². The average Bonchev–Trinajstić information content (AvgIpc) is 3.15. The Balaban J connectivity index is 1.71. The number of morpholine rings is 1. The van der Waals surface area contributed by atoms with Crippen LogP contribution in [0.4, 0.5) is 24.5 Å². The highest BCUT2D eigenvalue weighted by Gasteiger charge is 2.32. The number of hydrogen-bond acceptors (Lipinski definition) is 7. The molecule has 8 nitrogen and oxygen atoms in total. The molecule has 2 heterocycles. The third kappa shape index (κ3) is 5.70. The minimum absolute atomic E-state index is 0.0529. The summed E-state index contributed by atoms with van der Waals surface area (Å²) in [6.07, 6.45) is -3.87. The van der Waals surface area contributed by atoms with E-state index >= 15 is 0 Å². The molecule has 1 fully saturated rings. The van der Waals surface area contributed by atoms with Crippen LogP contribution < -0.4 is 10.2 Å². The highest BCUT2D eigenvalue weighted by Crippen LogP contribution is 2.35. The first-order valence-electron chi connectivity index (χ1n) is 9.60. The van der Waals surface area contributed by atoms with Crippen molar-refractivity contribution in [1.82, 2.24) is 15.0 Å². The fraction of sp³-hybridized carbons (Fsp3) is 0.526. The van der Waals surface area contributed by atoms with Crippen molar-refractivity contribution in [2.24, 2.45) is 0 Å². The summed E-state index contributed by atoms with van der Waals surface area (Å²) in [6.45, 7) is 4.10. The quantitative estimate of drug-likeness (QED) is 0.727. The Hall–Kier alpha value is -2.66. The smallest absolute Gasteiger partial charge is 0.378 e. The minimum Gasteiger partial charge on any atom is -0.378 e. The van der Waals surface area contributed by atoms with Gasteiger partial charge in [0.25, 0.3) is 0 Å². The summed E-state index contributed by atoms with van der Waals surface area (Å²) in [4.78, 5) is 20.2. The molecule has 2 aromatic rings. The molecule has 1 saturated heterocycles. The maximum atomic E-state index is 13.2. The Morgan fingerprint density at radius 3 is 2.67 bits per heavy atom. The number of hydrogen-bond donors (Lipinski definition) is 1. The summed E-state index contributed by atoms with van der Waals surface area (Å²) in [7, 11) is 1.68. The lowest BCUT2D eigenvalue weighted by molar-refractivity contribution is -0.137. The fourth-order valence-corrected chi connectivity index (χ4v) is 3.11. The highest BCUT2D eigenvalue weighted by molar-refractivity contribution is 5.95. The monoisotopic (exact) mass is 427 g/mol. The third-order valence-corrected chi connectivity index (χ3v) is 4.59. The largest absolute Gasteiger partial charge is 0.416 e. The van der Waals surface area contributed by atoms with E-state index in [1.165, 1.54) is 6.07 Å². The van der Waals surface area contributed by atoms with Gasteiger partial charge in [-0.3, -0.25) is 9.69 Å². The van der Waals surface area contributed by atoms with E-state index in [4.69, 9.17) is 9.26 Å². The first-order chi connectivity index (χ1) is 14.3. The molecule has 164 valence electrons. The van der Waals surface area contributed by atoms with Gasteiger partial charge in [0.05, 0.1) is 43.2 Å². The van der Waals surface area contributed by atoms with Crippen LogP contribution in [0, 0.1) is 0 Å². The number of aryl methyl sites for hydroxylation is 1. The molecular weight excluding hydrogens is 403 g/mol. The Bertz CT molecular complexity index is 865. The zero-order chi connectivity index (χ0) is 21.7. The number of nitrogens with zero attached hydrogens (tertiary/aromatic N) is 4. The van der Waals surface area contributed by atoms with E-state index in [9.17, 15) is 18.0 Å². The second-order valence-corrected chi connectivity index (χ2v) is 7.01. The second kappa shape index (κ2) is 9.43. The van der Waals surface area contributed by atoms with Gasteiger partial charge in [-0.2, -0.15) is 18.2 Å². The molecular formula is C19H24F3N5O3. The number of rotatable bonds is 7. The summed E-state index contributed by atoms with van der Waals surface area (Å²) >= 11 is 0. The van der Waals surface area contributed by atoms with Crippen LogP contribution in [-0.2, 0) is 28.7 Å². The lowest BCUT2D eigenvalue weighted by atomic mass is 10.1. The van der Waals surface area contributed by atoms with Gasteiger partial charge in [-0.15, -0.1) is 0 Å². The topological polar surface area (TPSA) is 83.7 Å². The Morgan fingerprint density at radius 2 is 2.03 bits per heavy atom. The van der Waals surface area contributed by atoms with Crippen LogP contribution >= 0.6 is 0 Å². The van der Waals surface area contributed by atoms with Crippen LogP contribution in [0.5, 0.6) is 0 Å². The Labute approximate surface area is 172 Å². The number of anilines is 2. The number of benzene rings is 1. The third-order valence-electron chi connectivity index (χ3n) is 4.59. The second-order valence-electron chi connectivity index (χ2n) is 7.01. The van der Waals surface area contributed by atoms with Crippen molar-refractivity contribution >= 4 is 17.3 Å². The zero-order valence-electron chi connectivity index (χ0n) is 16.8. The van der Waals surface area contributed by atoms with Crippen LogP contribution in [0.15, 0.2) is 22.7 Å². The number of aromatic nitrogens is 2. The van der Waals surface area contributed by atoms with E-state index in [1.807, 2.05) is 11.8 Å². The lowest BCUT2D eigenvalue weighted by Gasteiger charge is -2.31. The predicted molar refractivity (Wildman–Crippen MR) is 103 cm³/mol. The van der Waals surface area contributed by atoms with Gasteiger partial charge < -0.3 is 19.5 Å². The van der Waals surface area contributed by atoms with E-state index < -0.39 is 17.6 Å². The molecule has 0 aliphatic carbocycles. The number of carbonyl (C=O) groups excluding carboxylic acids is 1. The van der Waals surface area contributed by atoms with Crippen molar-refractivity contribution in [3.05, 3.63) is 35.5 Å². The maximum absolute atomic E-state index is 13.2. The van der Waals surface area contributed by atoms with Gasteiger partial charge in [0.2, 0.25) is 11.8 Å². The SMILES string of the molecule is CCc1noc(CN(C)CC(=O)Nc2cc(C(F)(F)F)ccc2N2CCOCC2)n1. The van der Waals surface area contributed by atoms with Crippen LogP contribution in [0.25, 0.3) is 0 Å². The van der Waals surface area contributed by atoms with Gasteiger partial charge in [0.1, 0.15) is 0 Å². The summed E-state index contributed by atoms with van der Waals surface area (Å²) in [5.41, 5.74) is -0.163. The van der Waals surface area contributed by atoms with Crippen molar-refractivity contribution in [3.8, 4) is 0 Å². The molecule has 30 heavy (non-hydrogen) atoms. The van der Waals surface area contributed by atoms with Gasteiger partial charge in [-0.05, 0) is 25.2 Å². The molecule has 0 atom stereocenters. The first-order valence-corrected chi connectivity index (χ1v) is 9.60. The van der Waals surface area contributed by atoms with Crippen LogP contribution in [0.3, 0.4) is 0 Å². The molecule has 3 rings (SSSR count). The van der Waals surface area contributed by atoms with Crippen molar-refractivity contribution in [1.29, 1.82) is 0 Å². The van der Waals surface area contributed by atoms with Crippen LogP contribution in [-0.4, -0.2) is 60.8 Å². The van der Waals surface area contributed by atoms with Crippen molar-refractivity contribution in [2.75, 3.05) is 50.1 Å². The number of halogens is 3. The van der Waals surface area contributed by atoms with E-state index in [0.717, 1.165) is 12.1 Å². The van der Waals surface area contributed by atoms with Crippen molar-refractivity contribution in [3.63, 3.8) is 0 Å². The molecule has 0 unspecified atom stereocenters. The van der Waals surface area contributed by atoms with Crippen LogP contribution in [0.2, 0.25) is 0 Å². The normalized spacial score (nSPS) is 14.9. The predicted octanol–water partition coefficient (Wildman–Crippen LogP) is 2.56. The van der Waals surface area contributed by atoms with E-state index in [2.05, 4.69) is 15.5 Å². The van der Waals surface area contributed by atoms with E-state index in [0.29, 0.717) is 50.1 Å². The van der Waals surface area contributed by atoms with Gasteiger partial charge in [0.15, 0.2) is 5.82 Å². The molecule has 11 heteroatoms. The number of likely N-dealkylation sites (N-methyl/N-ethyl adjacent to an activating group) is 1.